The van der Waals surface area contributed by atoms with Gasteiger partial charge in [0.2, 0.25) is 5.91 Å². The number of nitrogens with zero attached hydrogens (tertiary/aromatic N) is 1. The fourth-order valence-electron chi connectivity index (χ4n) is 3.42. The third-order valence-corrected chi connectivity index (χ3v) is 5.46. The van der Waals surface area contributed by atoms with Gasteiger partial charge in [-0.15, -0.1) is 0 Å². The molecule has 3 N–H and O–H groups in total. The first-order chi connectivity index (χ1) is 14.3. The first-order valence-electron chi connectivity index (χ1n) is 9.28. The van der Waals surface area contributed by atoms with Crippen LogP contribution in [0.5, 0.6) is 11.5 Å². The molecule has 1 unspecified atom stereocenters. The minimum atomic E-state index is -0.735. The summed E-state index contributed by atoms with van der Waals surface area (Å²) in [5, 5.41) is 24.1. The second-order valence-electron chi connectivity index (χ2n) is 7.16. The molecule has 0 saturated heterocycles. The molecule has 0 saturated carbocycles. The van der Waals surface area contributed by atoms with E-state index in [1.165, 1.54) is 6.07 Å². The summed E-state index contributed by atoms with van der Waals surface area (Å²) in [6, 6.07) is 14.6. The van der Waals surface area contributed by atoms with Gasteiger partial charge in [0.05, 0.1) is 11.4 Å². The number of benzene rings is 3. The summed E-state index contributed by atoms with van der Waals surface area (Å²) in [6.45, 7) is 1.78. The number of rotatable bonds is 3. The largest absolute Gasteiger partial charge is 0.508 e. The minimum Gasteiger partial charge on any atom is -0.508 e. The molecule has 3 aromatic rings. The molecular weight excluding hydrogens is 423 g/mol. The summed E-state index contributed by atoms with van der Waals surface area (Å²) < 4.78 is 0. The Labute approximate surface area is 183 Å². The van der Waals surface area contributed by atoms with E-state index in [0.717, 1.165) is 5.56 Å². The summed E-state index contributed by atoms with van der Waals surface area (Å²) >= 11 is 12.1. The predicted octanol–water partition coefficient (Wildman–Crippen LogP) is 5.11. The minimum absolute atomic E-state index is 0.138. The Morgan fingerprint density at radius 3 is 2.40 bits per heavy atom. The second kappa shape index (κ2) is 8.01. The zero-order valence-corrected chi connectivity index (χ0v) is 17.5. The van der Waals surface area contributed by atoms with Crippen molar-refractivity contribution in [2.24, 2.45) is 4.99 Å². The molecule has 1 heterocycles. The maximum absolute atomic E-state index is 13.0. The van der Waals surface area contributed by atoms with Crippen LogP contribution in [0.1, 0.15) is 22.3 Å². The number of phenolic OH excluding ortho intramolecular Hbond substituents is 2. The summed E-state index contributed by atoms with van der Waals surface area (Å²) in [5.41, 5.74) is 3.54. The lowest BCUT2D eigenvalue weighted by molar-refractivity contribution is -0.117. The van der Waals surface area contributed by atoms with Gasteiger partial charge in [-0.25, -0.2) is 0 Å². The first-order valence-corrected chi connectivity index (χ1v) is 10.0. The number of aliphatic imine (C=N–C) groups is 1. The van der Waals surface area contributed by atoms with Crippen molar-refractivity contribution in [1.29, 1.82) is 0 Å². The van der Waals surface area contributed by atoms with Gasteiger partial charge >= 0.3 is 0 Å². The molecule has 0 fully saturated rings. The maximum atomic E-state index is 13.0. The second-order valence-corrected chi connectivity index (χ2v) is 8.03. The average Bonchev–Trinajstić information content (AvgIpc) is 2.83. The highest BCUT2D eigenvalue weighted by Gasteiger charge is 2.28. The average molecular weight is 441 g/mol. The molecule has 1 aliphatic heterocycles. The number of carbonyl (C=O) groups excluding carboxylic acids is 1. The lowest BCUT2D eigenvalue weighted by Crippen LogP contribution is -2.27. The number of halogens is 2. The van der Waals surface area contributed by atoms with E-state index in [1.807, 2.05) is 12.1 Å². The molecule has 0 spiro atoms. The van der Waals surface area contributed by atoms with Crippen LogP contribution >= 0.6 is 23.2 Å². The van der Waals surface area contributed by atoms with Crippen molar-refractivity contribution < 1.29 is 15.0 Å². The lowest BCUT2D eigenvalue weighted by atomic mass is 9.98. The number of aryl methyl sites for hydroxylation is 1. The standard InChI is InChI=1S/C23H18Cl2N2O3/c1-12-8-14(4-7-19(12)28)21-17-10-16(25)11-20(29)22(17)27-23(30)18(26-21)9-13-2-5-15(24)6-3-13/h2-8,10-11,18,28-29H,9H2,1H3,(H,27,30). The van der Waals surface area contributed by atoms with Gasteiger partial charge in [-0.2, -0.15) is 0 Å². The molecule has 4 rings (SSSR count). The topological polar surface area (TPSA) is 81.9 Å². The highest BCUT2D eigenvalue weighted by Crippen LogP contribution is 2.36. The summed E-state index contributed by atoms with van der Waals surface area (Å²) in [4.78, 5) is 17.7. The number of aromatic hydroxyl groups is 2. The normalized spacial score (nSPS) is 15.8. The zero-order chi connectivity index (χ0) is 21.4. The summed E-state index contributed by atoms with van der Waals surface area (Å²) in [5.74, 6) is -0.315. The van der Waals surface area contributed by atoms with Crippen molar-refractivity contribution in [2.45, 2.75) is 19.4 Å². The van der Waals surface area contributed by atoms with Crippen LogP contribution in [0.3, 0.4) is 0 Å². The molecular formula is C23H18Cl2N2O3. The van der Waals surface area contributed by atoms with Gasteiger partial charge in [-0.1, -0.05) is 35.3 Å². The van der Waals surface area contributed by atoms with E-state index < -0.39 is 6.04 Å². The number of amides is 1. The van der Waals surface area contributed by atoms with Gasteiger partial charge in [0.25, 0.3) is 0 Å². The van der Waals surface area contributed by atoms with E-state index in [9.17, 15) is 15.0 Å². The fourth-order valence-corrected chi connectivity index (χ4v) is 3.75. The Hall–Kier alpha value is -3.02. The van der Waals surface area contributed by atoms with Gasteiger partial charge in [-0.05, 0) is 54.4 Å². The van der Waals surface area contributed by atoms with Crippen molar-refractivity contribution in [1.82, 2.24) is 0 Å². The number of anilines is 1. The van der Waals surface area contributed by atoms with Crippen molar-refractivity contribution >= 4 is 40.5 Å². The molecule has 0 aromatic heterocycles. The molecule has 1 amide bonds. The number of nitrogens with one attached hydrogen (secondary N) is 1. The predicted molar refractivity (Wildman–Crippen MR) is 119 cm³/mol. The monoisotopic (exact) mass is 440 g/mol. The molecule has 1 aliphatic rings. The van der Waals surface area contributed by atoms with Crippen LogP contribution in [0.25, 0.3) is 0 Å². The van der Waals surface area contributed by atoms with E-state index in [-0.39, 0.29) is 23.1 Å². The lowest BCUT2D eigenvalue weighted by Gasteiger charge is -2.13. The maximum Gasteiger partial charge on any atom is 0.249 e. The van der Waals surface area contributed by atoms with Crippen LogP contribution in [0, 0.1) is 6.92 Å². The number of carbonyl (C=O) groups is 1. The first kappa shape index (κ1) is 20.3. The smallest absolute Gasteiger partial charge is 0.249 e. The molecule has 0 bridgehead atoms. The quantitative estimate of drug-likeness (QED) is 0.494. The van der Waals surface area contributed by atoms with Crippen LogP contribution in [0.4, 0.5) is 5.69 Å². The third-order valence-electron chi connectivity index (χ3n) is 4.99. The van der Waals surface area contributed by atoms with Crippen LogP contribution in [-0.2, 0) is 11.2 Å². The Balaban J connectivity index is 1.87. The van der Waals surface area contributed by atoms with Gasteiger partial charge in [-0.3, -0.25) is 9.79 Å². The SMILES string of the molecule is Cc1cc(C2=NC(Cc3ccc(Cl)cc3)C(=O)Nc3c(O)cc(Cl)cc32)ccc1O. The third kappa shape index (κ3) is 3.99. The van der Waals surface area contributed by atoms with Crippen molar-refractivity contribution in [3.8, 4) is 11.5 Å². The number of phenols is 2. The summed E-state index contributed by atoms with van der Waals surface area (Å²) in [7, 11) is 0. The highest BCUT2D eigenvalue weighted by molar-refractivity contribution is 6.32. The summed E-state index contributed by atoms with van der Waals surface area (Å²) in [6.07, 6.45) is 0.353. The molecule has 0 radical (unpaired) electrons. The Morgan fingerprint density at radius 2 is 1.70 bits per heavy atom. The molecule has 0 aliphatic carbocycles. The van der Waals surface area contributed by atoms with Crippen molar-refractivity contribution in [3.05, 3.63) is 86.9 Å². The molecule has 1 atom stereocenters. The van der Waals surface area contributed by atoms with Crippen LogP contribution < -0.4 is 5.32 Å². The van der Waals surface area contributed by atoms with Gasteiger partial charge < -0.3 is 15.5 Å². The Kier molecular flexibility index (Phi) is 5.41. The van der Waals surface area contributed by atoms with Crippen molar-refractivity contribution in [2.75, 3.05) is 5.32 Å². The van der Waals surface area contributed by atoms with E-state index >= 15 is 0 Å². The van der Waals surface area contributed by atoms with Gasteiger partial charge in [0.1, 0.15) is 17.5 Å². The molecule has 3 aromatic carbocycles. The van der Waals surface area contributed by atoms with Crippen LogP contribution in [-0.4, -0.2) is 27.9 Å². The number of benzodiazepines with no additional fused rings is 1. The number of hydrogen-bond acceptors (Lipinski definition) is 4. The van der Waals surface area contributed by atoms with Crippen LogP contribution in [0.15, 0.2) is 59.6 Å². The zero-order valence-electron chi connectivity index (χ0n) is 16.0. The van der Waals surface area contributed by atoms with Crippen LogP contribution in [0.2, 0.25) is 10.0 Å². The van der Waals surface area contributed by atoms with E-state index in [2.05, 4.69) is 5.32 Å². The van der Waals surface area contributed by atoms with E-state index in [1.54, 1.807) is 43.3 Å². The Bertz CT molecular complexity index is 1170. The fraction of sp³-hybridized carbons (Fsp3) is 0.130. The van der Waals surface area contributed by atoms with E-state index in [0.29, 0.717) is 38.9 Å². The molecule has 5 nitrogen and oxygen atoms in total. The number of fused-ring (bicyclic) bond motifs is 1. The Morgan fingerprint density at radius 1 is 0.967 bits per heavy atom. The van der Waals surface area contributed by atoms with E-state index in [4.69, 9.17) is 28.2 Å². The van der Waals surface area contributed by atoms with Gasteiger partial charge in [0, 0.05) is 33.7 Å². The molecule has 30 heavy (non-hydrogen) atoms. The number of hydrogen-bond donors (Lipinski definition) is 3. The van der Waals surface area contributed by atoms with Crippen molar-refractivity contribution in [3.63, 3.8) is 0 Å². The highest BCUT2D eigenvalue weighted by atomic mass is 35.5. The molecule has 7 heteroatoms. The molecule has 152 valence electrons. The van der Waals surface area contributed by atoms with Gasteiger partial charge in [0.15, 0.2) is 0 Å².